The SMILES string of the molecule is CS(=O)(=O)Nc1ccc2c(c1)C1(CCCCC1)CN2C(=O)c1cccc(S(=O)(=O)NC2CCC2O)c1. The van der Waals surface area contributed by atoms with Crippen molar-refractivity contribution in [1.29, 1.82) is 0 Å². The van der Waals surface area contributed by atoms with Gasteiger partial charge in [0.15, 0.2) is 0 Å². The number of carbonyl (C=O) groups is 1. The highest BCUT2D eigenvalue weighted by molar-refractivity contribution is 7.92. The Morgan fingerprint density at radius 3 is 2.42 bits per heavy atom. The first-order chi connectivity index (χ1) is 17.0. The molecule has 0 aromatic heterocycles. The number of aliphatic hydroxyl groups excluding tert-OH is 1. The average molecular weight is 534 g/mol. The summed E-state index contributed by atoms with van der Waals surface area (Å²) < 4.78 is 54.4. The molecule has 2 fully saturated rings. The van der Waals surface area contributed by atoms with Crippen LogP contribution in [-0.4, -0.2) is 52.8 Å². The third-order valence-electron chi connectivity index (χ3n) is 7.61. The molecule has 3 aliphatic rings. The molecule has 2 unspecified atom stereocenters. The number of nitrogens with zero attached hydrogens (tertiary/aromatic N) is 1. The number of hydrogen-bond acceptors (Lipinski definition) is 6. The molecule has 2 aliphatic carbocycles. The zero-order valence-electron chi connectivity index (χ0n) is 20.1. The lowest BCUT2D eigenvalue weighted by molar-refractivity contribution is 0.0612. The number of carbonyl (C=O) groups excluding carboxylic acids is 1. The summed E-state index contributed by atoms with van der Waals surface area (Å²) in [4.78, 5) is 15.4. The first-order valence-corrected chi connectivity index (χ1v) is 15.6. The summed E-state index contributed by atoms with van der Waals surface area (Å²) in [5.41, 5.74) is 2.14. The van der Waals surface area contributed by atoms with Gasteiger partial charge in [0.05, 0.1) is 17.3 Å². The Bertz CT molecular complexity index is 1400. The number of fused-ring (bicyclic) bond motifs is 2. The van der Waals surface area contributed by atoms with Crippen LogP contribution < -0.4 is 14.3 Å². The molecule has 1 spiro atoms. The molecule has 1 amide bonds. The van der Waals surface area contributed by atoms with E-state index in [1.165, 1.54) is 12.1 Å². The number of amides is 1. The molecule has 3 N–H and O–H groups in total. The van der Waals surface area contributed by atoms with Crippen molar-refractivity contribution in [3.63, 3.8) is 0 Å². The van der Waals surface area contributed by atoms with Gasteiger partial charge in [-0.1, -0.05) is 25.3 Å². The maximum atomic E-state index is 13.7. The van der Waals surface area contributed by atoms with Gasteiger partial charge in [-0.05, 0) is 67.6 Å². The second kappa shape index (κ2) is 9.13. The van der Waals surface area contributed by atoms with Crippen LogP contribution in [0.15, 0.2) is 47.4 Å². The molecule has 194 valence electrons. The fourth-order valence-electron chi connectivity index (χ4n) is 5.62. The lowest BCUT2D eigenvalue weighted by Gasteiger charge is -2.34. The zero-order chi connectivity index (χ0) is 25.7. The van der Waals surface area contributed by atoms with E-state index < -0.39 is 32.2 Å². The van der Waals surface area contributed by atoms with E-state index in [9.17, 15) is 26.7 Å². The van der Waals surface area contributed by atoms with Crippen molar-refractivity contribution >= 4 is 37.3 Å². The molecule has 36 heavy (non-hydrogen) atoms. The highest BCUT2D eigenvalue weighted by Gasteiger charge is 2.45. The molecule has 5 rings (SSSR count). The second-order valence-corrected chi connectivity index (χ2v) is 13.7. The lowest BCUT2D eigenvalue weighted by Crippen LogP contribution is -2.50. The molecule has 2 aromatic rings. The molecule has 1 aliphatic heterocycles. The molecule has 2 atom stereocenters. The first-order valence-electron chi connectivity index (χ1n) is 12.2. The molecule has 0 radical (unpaired) electrons. The second-order valence-electron chi connectivity index (χ2n) is 10.2. The zero-order valence-corrected chi connectivity index (χ0v) is 21.7. The number of aliphatic hydroxyl groups is 1. The van der Waals surface area contributed by atoms with E-state index in [0.29, 0.717) is 25.1 Å². The van der Waals surface area contributed by atoms with Gasteiger partial charge in [-0.25, -0.2) is 21.6 Å². The fraction of sp³-hybridized carbons (Fsp3) is 0.480. The van der Waals surface area contributed by atoms with Crippen molar-refractivity contribution in [3.05, 3.63) is 53.6 Å². The summed E-state index contributed by atoms with van der Waals surface area (Å²) in [5.74, 6) is -0.303. The van der Waals surface area contributed by atoms with Gasteiger partial charge in [0.25, 0.3) is 5.91 Å². The van der Waals surface area contributed by atoms with Gasteiger partial charge in [0.1, 0.15) is 0 Å². The fourth-order valence-corrected chi connectivity index (χ4v) is 7.53. The largest absolute Gasteiger partial charge is 0.391 e. The Morgan fingerprint density at radius 2 is 1.78 bits per heavy atom. The first kappa shape index (κ1) is 25.2. The molecule has 1 heterocycles. The Kier molecular flexibility index (Phi) is 6.39. The van der Waals surface area contributed by atoms with Gasteiger partial charge in [-0.15, -0.1) is 0 Å². The average Bonchev–Trinajstić information content (AvgIpc) is 3.13. The van der Waals surface area contributed by atoms with E-state index >= 15 is 0 Å². The minimum absolute atomic E-state index is 0.0213. The number of sulfonamides is 2. The van der Waals surface area contributed by atoms with Crippen LogP contribution in [0.5, 0.6) is 0 Å². The summed E-state index contributed by atoms with van der Waals surface area (Å²) in [7, 11) is -7.34. The van der Waals surface area contributed by atoms with Crippen molar-refractivity contribution in [2.75, 3.05) is 22.4 Å². The van der Waals surface area contributed by atoms with Crippen molar-refractivity contribution in [1.82, 2.24) is 4.72 Å². The van der Waals surface area contributed by atoms with Crippen LogP contribution >= 0.6 is 0 Å². The summed E-state index contributed by atoms with van der Waals surface area (Å²) >= 11 is 0. The minimum Gasteiger partial charge on any atom is -0.391 e. The smallest absolute Gasteiger partial charge is 0.258 e. The molecule has 11 heteroatoms. The summed E-state index contributed by atoms with van der Waals surface area (Å²) in [5, 5.41) is 9.77. The number of hydrogen-bond donors (Lipinski definition) is 3. The standard InChI is InChI=1S/C25H31N3O6S2/c1-35(31,32)26-18-8-10-22-20(15-18)25(12-3-2-4-13-25)16-28(22)24(30)17-6-5-7-19(14-17)36(33,34)27-21-9-11-23(21)29/h5-8,10,14-15,21,23,26-27,29H,2-4,9,11-13,16H2,1H3. The topological polar surface area (TPSA) is 133 Å². The van der Waals surface area contributed by atoms with Crippen molar-refractivity contribution in [2.45, 2.75) is 67.4 Å². The predicted molar refractivity (Wildman–Crippen MR) is 137 cm³/mol. The third-order valence-corrected chi connectivity index (χ3v) is 9.71. The van der Waals surface area contributed by atoms with Crippen molar-refractivity contribution < 1.29 is 26.7 Å². The van der Waals surface area contributed by atoms with Crippen LogP contribution in [0, 0.1) is 0 Å². The molecule has 2 aromatic carbocycles. The molecule has 9 nitrogen and oxygen atoms in total. The molecular formula is C25H31N3O6S2. The van der Waals surface area contributed by atoms with E-state index in [1.807, 2.05) is 6.07 Å². The maximum Gasteiger partial charge on any atom is 0.258 e. The Labute approximate surface area is 212 Å². The van der Waals surface area contributed by atoms with Gasteiger partial charge < -0.3 is 10.0 Å². The van der Waals surface area contributed by atoms with Gasteiger partial charge in [-0.3, -0.25) is 9.52 Å². The minimum atomic E-state index is -3.89. The maximum absolute atomic E-state index is 13.7. The summed E-state index contributed by atoms with van der Waals surface area (Å²) in [6.45, 7) is 0.465. The Hall–Kier alpha value is -2.47. The van der Waals surface area contributed by atoms with Gasteiger partial charge in [0, 0.05) is 34.9 Å². The highest BCUT2D eigenvalue weighted by atomic mass is 32.2. The van der Waals surface area contributed by atoms with Crippen LogP contribution in [0.3, 0.4) is 0 Å². The van der Waals surface area contributed by atoms with Crippen LogP contribution in [0.1, 0.15) is 60.9 Å². The van der Waals surface area contributed by atoms with Crippen LogP contribution in [0.4, 0.5) is 11.4 Å². The van der Waals surface area contributed by atoms with Gasteiger partial charge in [0.2, 0.25) is 20.0 Å². The quantitative estimate of drug-likeness (QED) is 0.523. The normalized spacial score (nSPS) is 23.2. The molecular weight excluding hydrogens is 502 g/mol. The van der Waals surface area contributed by atoms with E-state index in [0.717, 1.165) is 49.6 Å². The predicted octanol–water partition coefficient (Wildman–Crippen LogP) is 2.72. The van der Waals surface area contributed by atoms with E-state index in [2.05, 4.69) is 9.44 Å². The summed E-state index contributed by atoms with van der Waals surface area (Å²) in [6.07, 6.45) is 6.51. The molecule has 2 saturated carbocycles. The lowest BCUT2D eigenvalue weighted by atomic mass is 9.70. The van der Waals surface area contributed by atoms with Crippen LogP contribution in [0.2, 0.25) is 0 Å². The van der Waals surface area contributed by atoms with Crippen molar-refractivity contribution in [2.24, 2.45) is 0 Å². The van der Waals surface area contributed by atoms with Gasteiger partial charge >= 0.3 is 0 Å². The van der Waals surface area contributed by atoms with E-state index in [1.54, 1.807) is 29.2 Å². The molecule has 0 saturated heterocycles. The van der Waals surface area contributed by atoms with Crippen LogP contribution in [-0.2, 0) is 25.5 Å². The van der Waals surface area contributed by atoms with Crippen molar-refractivity contribution in [3.8, 4) is 0 Å². The van der Waals surface area contributed by atoms with E-state index in [4.69, 9.17) is 0 Å². The van der Waals surface area contributed by atoms with Crippen LogP contribution in [0.25, 0.3) is 0 Å². The number of anilines is 2. The third kappa shape index (κ3) is 4.77. The Morgan fingerprint density at radius 1 is 1.03 bits per heavy atom. The summed E-state index contributed by atoms with van der Waals surface area (Å²) in [6, 6.07) is 10.7. The highest BCUT2D eigenvalue weighted by Crippen LogP contribution is 2.50. The number of nitrogens with one attached hydrogen (secondary N) is 2. The monoisotopic (exact) mass is 533 g/mol. The number of benzene rings is 2. The number of rotatable bonds is 6. The Balaban J connectivity index is 1.47. The van der Waals surface area contributed by atoms with Gasteiger partial charge in [-0.2, -0.15) is 0 Å². The van der Waals surface area contributed by atoms with E-state index in [-0.39, 0.29) is 21.8 Å². The molecule has 0 bridgehead atoms.